The Hall–Kier alpha value is -2.15. The van der Waals surface area contributed by atoms with Gasteiger partial charge in [0.05, 0.1) is 4.92 Å². The normalized spacial score (nSPS) is 21.3. The number of rotatable bonds is 3. The highest BCUT2D eigenvalue weighted by Gasteiger charge is 2.47. The van der Waals surface area contributed by atoms with Crippen LogP contribution in [0.3, 0.4) is 0 Å². The first-order chi connectivity index (χ1) is 9.79. The molecule has 1 aromatic carbocycles. The summed E-state index contributed by atoms with van der Waals surface area (Å²) in [6, 6.07) is 4.03. The van der Waals surface area contributed by atoms with E-state index < -0.39 is 28.0 Å². The fraction of sp³-hybridized carbons (Fsp3) is 0.385. The molecule has 8 heteroatoms. The molecule has 0 aromatic heterocycles. The fourth-order valence-corrected chi connectivity index (χ4v) is 2.77. The first-order valence-electron chi connectivity index (χ1n) is 6.27. The highest BCUT2D eigenvalue weighted by molar-refractivity contribution is 6.33. The van der Waals surface area contributed by atoms with Crippen molar-refractivity contribution in [3.8, 4) is 0 Å². The lowest BCUT2D eigenvalue weighted by Gasteiger charge is -2.31. The van der Waals surface area contributed by atoms with Crippen LogP contribution in [0, 0.1) is 10.1 Å². The van der Waals surface area contributed by atoms with Crippen molar-refractivity contribution in [2.24, 2.45) is 0 Å². The highest BCUT2D eigenvalue weighted by atomic mass is 35.5. The summed E-state index contributed by atoms with van der Waals surface area (Å²) >= 11 is 5.78. The summed E-state index contributed by atoms with van der Waals surface area (Å²) in [6.07, 6.45) is 0.839. The van der Waals surface area contributed by atoms with Crippen LogP contribution in [0.25, 0.3) is 0 Å². The van der Waals surface area contributed by atoms with Crippen LogP contribution in [0.1, 0.15) is 30.1 Å². The predicted molar refractivity (Wildman–Crippen MR) is 74.4 cm³/mol. The number of halogens is 1. The second-order valence-corrected chi connectivity index (χ2v) is 5.44. The minimum absolute atomic E-state index is 0.151. The molecule has 1 fully saturated rings. The Bertz CT molecular complexity index is 633. The van der Waals surface area contributed by atoms with Gasteiger partial charge in [-0.15, -0.1) is 0 Å². The van der Waals surface area contributed by atoms with E-state index in [1.165, 1.54) is 25.1 Å². The first-order valence-corrected chi connectivity index (χ1v) is 6.65. The van der Waals surface area contributed by atoms with Crippen LogP contribution in [-0.2, 0) is 4.79 Å². The van der Waals surface area contributed by atoms with Gasteiger partial charge in [-0.2, -0.15) is 0 Å². The Balaban J connectivity index is 2.49. The number of nitro groups is 1. The van der Waals surface area contributed by atoms with Gasteiger partial charge in [-0.3, -0.25) is 14.9 Å². The number of carbonyl (C=O) groups excluding carboxylic acids is 1. The van der Waals surface area contributed by atoms with Gasteiger partial charge in [0, 0.05) is 6.54 Å². The molecule has 1 aromatic rings. The van der Waals surface area contributed by atoms with Gasteiger partial charge in [-0.05, 0) is 31.9 Å². The van der Waals surface area contributed by atoms with E-state index in [1.54, 1.807) is 0 Å². The summed E-state index contributed by atoms with van der Waals surface area (Å²) in [6.45, 7) is 1.68. The van der Waals surface area contributed by atoms with E-state index in [1.807, 2.05) is 0 Å². The van der Waals surface area contributed by atoms with Crippen LogP contribution in [0.15, 0.2) is 18.2 Å². The summed E-state index contributed by atoms with van der Waals surface area (Å²) in [4.78, 5) is 35.5. The van der Waals surface area contributed by atoms with E-state index in [-0.39, 0.29) is 17.1 Å². The maximum absolute atomic E-state index is 12.5. The smallest absolute Gasteiger partial charge is 0.329 e. The Labute approximate surface area is 125 Å². The van der Waals surface area contributed by atoms with Crippen molar-refractivity contribution < 1.29 is 19.6 Å². The number of amides is 1. The van der Waals surface area contributed by atoms with Gasteiger partial charge in [0.15, 0.2) is 0 Å². The van der Waals surface area contributed by atoms with Gasteiger partial charge in [0.2, 0.25) is 0 Å². The maximum atomic E-state index is 12.5. The number of carboxylic acid groups (broad SMARTS) is 1. The maximum Gasteiger partial charge on any atom is 0.329 e. The van der Waals surface area contributed by atoms with Crippen LogP contribution in [0.4, 0.5) is 5.69 Å². The number of carbonyl (C=O) groups is 2. The minimum Gasteiger partial charge on any atom is -0.480 e. The number of nitro benzene ring substituents is 1. The lowest BCUT2D eigenvalue weighted by molar-refractivity contribution is -0.385. The second kappa shape index (κ2) is 5.33. The Morgan fingerprint density at radius 2 is 2.14 bits per heavy atom. The van der Waals surface area contributed by atoms with Gasteiger partial charge >= 0.3 is 11.7 Å². The number of hydrogen-bond acceptors (Lipinski definition) is 4. The van der Waals surface area contributed by atoms with Crippen LogP contribution in [-0.4, -0.2) is 38.9 Å². The molecular formula is C13H13ClN2O5. The molecule has 0 aliphatic carbocycles. The molecule has 1 aliphatic heterocycles. The topological polar surface area (TPSA) is 101 Å². The van der Waals surface area contributed by atoms with Crippen LogP contribution < -0.4 is 0 Å². The molecule has 1 saturated heterocycles. The summed E-state index contributed by atoms with van der Waals surface area (Å²) in [5.41, 5.74) is -2.04. The average Bonchev–Trinajstić information content (AvgIpc) is 2.80. The number of carboxylic acids is 1. The largest absolute Gasteiger partial charge is 0.480 e. The third-order valence-corrected chi connectivity index (χ3v) is 4.05. The van der Waals surface area contributed by atoms with Crippen molar-refractivity contribution in [3.05, 3.63) is 38.9 Å². The average molecular weight is 313 g/mol. The summed E-state index contributed by atoms with van der Waals surface area (Å²) in [7, 11) is 0. The molecule has 7 nitrogen and oxygen atoms in total. The van der Waals surface area contributed by atoms with E-state index >= 15 is 0 Å². The molecule has 1 amide bonds. The number of para-hydroxylation sites is 1. The molecule has 1 aliphatic rings. The Morgan fingerprint density at radius 1 is 1.48 bits per heavy atom. The van der Waals surface area contributed by atoms with Crippen LogP contribution >= 0.6 is 11.6 Å². The second-order valence-electron chi connectivity index (χ2n) is 5.03. The summed E-state index contributed by atoms with van der Waals surface area (Å²) < 4.78 is 0. The molecule has 1 heterocycles. The molecular weight excluding hydrogens is 300 g/mol. The van der Waals surface area contributed by atoms with E-state index in [0.29, 0.717) is 12.8 Å². The number of benzene rings is 1. The molecule has 112 valence electrons. The van der Waals surface area contributed by atoms with Gasteiger partial charge in [-0.1, -0.05) is 17.7 Å². The van der Waals surface area contributed by atoms with Crippen molar-refractivity contribution in [1.82, 2.24) is 4.90 Å². The zero-order valence-corrected chi connectivity index (χ0v) is 12.0. The molecule has 0 saturated carbocycles. The number of likely N-dealkylation sites (tertiary alicyclic amines) is 1. The van der Waals surface area contributed by atoms with Crippen molar-refractivity contribution in [3.63, 3.8) is 0 Å². The quantitative estimate of drug-likeness (QED) is 0.682. The summed E-state index contributed by atoms with van der Waals surface area (Å²) in [5, 5.41) is 20.3. The number of aliphatic carboxylic acids is 1. The van der Waals surface area contributed by atoms with E-state index in [9.17, 15) is 24.8 Å². The van der Waals surface area contributed by atoms with Crippen molar-refractivity contribution >= 4 is 29.2 Å². The standard InChI is InChI=1S/C13H13ClN2O5/c1-13(12(18)19)6-3-7-15(13)11(17)8-4-2-5-9(14)10(8)16(20)21/h2,4-5H,3,6-7H2,1H3,(H,18,19). The zero-order chi connectivity index (χ0) is 15.8. The van der Waals surface area contributed by atoms with E-state index in [4.69, 9.17) is 11.6 Å². The van der Waals surface area contributed by atoms with Crippen molar-refractivity contribution in [2.45, 2.75) is 25.3 Å². The lowest BCUT2D eigenvalue weighted by atomic mass is 9.98. The molecule has 2 rings (SSSR count). The fourth-order valence-electron chi connectivity index (χ4n) is 2.53. The van der Waals surface area contributed by atoms with E-state index in [2.05, 4.69) is 0 Å². The number of hydrogen-bond donors (Lipinski definition) is 1. The SMILES string of the molecule is CC1(C(=O)O)CCCN1C(=O)c1cccc(Cl)c1[N+](=O)[O-]. The highest BCUT2D eigenvalue weighted by Crippen LogP contribution is 2.34. The van der Waals surface area contributed by atoms with Gasteiger partial charge < -0.3 is 10.0 Å². The molecule has 1 unspecified atom stereocenters. The summed E-state index contributed by atoms with van der Waals surface area (Å²) in [5.74, 6) is -1.82. The molecule has 0 radical (unpaired) electrons. The number of nitrogens with zero attached hydrogens (tertiary/aromatic N) is 2. The Morgan fingerprint density at radius 3 is 2.71 bits per heavy atom. The van der Waals surface area contributed by atoms with Gasteiger partial charge in [-0.25, -0.2) is 4.79 Å². The molecule has 1 atom stereocenters. The third-order valence-electron chi connectivity index (χ3n) is 3.75. The third kappa shape index (κ3) is 2.44. The van der Waals surface area contributed by atoms with Gasteiger partial charge in [0.25, 0.3) is 5.91 Å². The van der Waals surface area contributed by atoms with Crippen molar-refractivity contribution in [2.75, 3.05) is 6.54 Å². The van der Waals surface area contributed by atoms with Gasteiger partial charge in [0.1, 0.15) is 16.1 Å². The zero-order valence-electron chi connectivity index (χ0n) is 11.2. The molecule has 0 spiro atoms. The lowest BCUT2D eigenvalue weighted by Crippen LogP contribution is -2.50. The Kier molecular flexibility index (Phi) is 3.87. The van der Waals surface area contributed by atoms with Crippen LogP contribution in [0.5, 0.6) is 0 Å². The first kappa shape index (κ1) is 15.2. The predicted octanol–water partition coefficient (Wildman–Crippen LogP) is 2.33. The molecule has 21 heavy (non-hydrogen) atoms. The van der Waals surface area contributed by atoms with Crippen LogP contribution in [0.2, 0.25) is 5.02 Å². The molecule has 0 bridgehead atoms. The molecule has 1 N–H and O–H groups in total. The minimum atomic E-state index is -1.35. The monoisotopic (exact) mass is 312 g/mol. The van der Waals surface area contributed by atoms with Crippen molar-refractivity contribution in [1.29, 1.82) is 0 Å². The van der Waals surface area contributed by atoms with E-state index in [0.717, 1.165) is 4.90 Å².